The van der Waals surface area contributed by atoms with Crippen molar-refractivity contribution in [2.75, 3.05) is 0 Å². The van der Waals surface area contributed by atoms with Crippen LogP contribution in [-0.4, -0.2) is 0 Å². The molecular weight excluding hydrogens is 158 g/mol. The molecule has 0 saturated carbocycles. The second kappa shape index (κ2) is 8.98. The van der Waals surface area contributed by atoms with E-state index in [1.54, 1.807) is 0 Å². The first-order chi connectivity index (χ1) is 4.91. The van der Waals surface area contributed by atoms with Gasteiger partial charge in [-0.25, -0.2) is 0 Å². The Labute approximate surface area is 67.0 Å². The molecule has 56 valence electrons. The molecule has 0 aromatic heterocycles. The topological polar surface area (TPSA) is 0 Å². The van der Waals surface area contributed by atoms with Gasteiger partial charge in [0.25, 0.3) is 0 Å². The predicted octanol–water partition coefficient (Wildman–Crippen LogP) is 2.46. The van der Waals surface area contributed by atoms with Crippen molar-refractivity contribution in [3.8, 4) is 23.2 Å². The van der Waals surface area contributed by atoms with E-state index >= 15 is 0 Å². The van der Waals surface area contributed by atoms with Gasteiger partial charge in [-0.15, -0.1) is 0 Å². The summed E-state index contributed by atoms with van der Waals surface area (Å²) in [6, 6.07) is 0. The Hall–Kier alpha value is -0.0200. The van der Waals surface area contributed by atoms with Gasteiger partial charge in [-0.3, -0.25) is 0 Å². The number of rotatable bonds is 1. The molecule has 0 aliphatic heterocycles. The van der Waals surface area contributed by atoms with Crippen molar-refractivity contribution in [3.05, 3.63) is 0 Å². The molecule has 2 heteroatoms. The Bertz CT molecular complexity index is 153. The first kappa shape index (κ1) is 9.98. The first-order valence-electron chi connectivity index (χ1n) is 3.58. The molecule has 0 aromatic carbocycles. The second-order valence-electron chi connectivity index (χ2n) is 1.72. The third-order valence-electron chi connectivity index (χ3n) is 0.832. The zero-order chi connectivity index (χ0) is 7.66. The van der Waals surface area contributed by atoms with Crippen molar-refractivity contribution >= 4 is 16.5 Å². The third kappa shape index (κ3) is 7.98. The molecule has 0 heterocycles. The van der Waals surface area contributed by atoms with E-state index in [1.807, 2.05) is 0 Å². The predicted molar refractivity (Wildman–Crippen MR) is 55.6 cm³/mol. The first-order valence-corrected chi connectivity index (χ1v) is 7.61. The summed E-state index contributed by atoms with van der Waals surface area (Å²) in [6.07, 6.45) is 1.99. The monoisotopic (exact) mass is 172 g/mol. The van der Waals surface area contributed by atoms with E-state index in [2.05, 4.69) is 37.0 Å². The van der Waals surface area contributed by atoms with Crippen molar-refractivity contribution in [1.29, 1.82) is 0 Å². The Morgan fingerprint density at radius 3 is 2.50 bits per heavy atom. The summed E-state index contributed by atoms with van der Waals surface area (Å²) >= 11 is 0. The molecule has 0 saturated heterocycles. The van der Waals surface area contributed by atoms with Gasteiger partial charge in [0.15, 0.2) is 0 Å². The Morgan fingerprint density at radius 2 is 1.90 bits per heavy atom. The summed E-state index contributed by atoms with van der Waals surface area (Å²) in [5.74, 6) is 6.13. The van der Waals surface area contributed by atoms with Crippen LogP contribution in [0.4, 0.5) is 0 Å². The molecule has 0 aliphatic rings. The van der Waals surface area contributed by atoms with Crippen molar-refractivity contribution in [2.45, 2.75) is 26.7 Å². The van der Waals surface area contributed by atoms with Gasteiger partial charge in [0.2, 0.25) is 0 Å². The second-order valence-corrected chi connectivity index (χ2v) is 5.15. The summed E-state index contributed by atoms with van der Waals surface area (Å²) in [5, 5.41) is 0. The molecule has 10 heavy (non-hydrogen) atoms. The van der Waals surface area contributed by atoms with E-state index in [0.717, 1.165) is 21.1 Å². The quantitative estimate of drug-likeness (QED) is 0.324. The van der Waals surface area contributed by atoms with Crippen LogP contribution in [0.15, 0.2) is 0 Å². The summed E-state index contributed by atoms with van der Waals surface area (Å²) in [7, 11) is 0.726. The van der Waals surface area contributed by atoms with E-state index < -0.39 is 0 Å². The average Bonchev–Trinajstić information content (AvgIpc) is 1.97. The molecule has 0 nitrogen and oxygen atoms in total. The van der Waals surface area contributed by atoms with Crippen LogP contribution in [0.2, 0.25) is 0 Å². The zero-order valence-corrected chi connectivity index (χ0v) is 9.04. The molecule has 0 radical (unpaired) electrons. The van der Waals surface area contributed by atoms with Gasteiger partial charge >= 0.3 is 66.4 Å². The molecule has 0 spiro atoms. The van der Waals surface area contributed by atoms with Crippen molar-refractivity contribution in [2.24, 2.45) is 0 Å². The van der Waals surface area contributed by atoms with Crippen LogP contribution in [-0.2, 0) is 0 Å². The fraction of sp³-hybridized carbons (Fsp3) is 0.500. The SMILES string of the molecule is CCC#CP[PH3]C#CCC. The molecular formula is C8H14P2. The summed E-state index contributed by atoms with van der Waals surface area (Å²) in [5.41, 5.74) is 6.32. The van der Waals surface area contributed by atoms with E-state index in [4.69, 9.17) is 0 Å². The third-order valence-corrected chi connectivity index (χ3v) is 3.38. The fourth-order valence-electron chi connectivity index (χ4n) is 0.427. The zero-order valence-electron chi connectivity index (χ0n) is 6.62. The van der Waals surface area contributed by atoms with Crippen molar-refractivity contribution < 1.29 is 0 Å². The average molecular weight is 172 g/mol. The van der Waals surface area contributed by atoms with Crippen LogP contribution in [0, 0.1) is 23.2 Å². The maximum absolute atomic E-state index is 3.19. The number of hydrogen-bond donors (Lipinski definition) is 0. The Balaban J connectivity index is 3.20. The summed E-state index contributed by atoms with van der Waals surface area (Å²) < 4.78 is 0. The van der Waals surface area contributed by atoms with E-state index in [-0.39, 0.29) is 8.27 Å². The molecule has 0 bridgehead atoms. The molecule has 0 rings (SSSR count). The van der Waals surface area contributed by atoms with Gasteiger partial charge in [0.1, 0.15) is 0 Å². The summed E-state index contributed by atoms with van der Waals surface area (Å²) in [4.78, 5) is 0. The van der Waals surface area contributed by atoms with Gasteiger partial charge in [-0.1, -0.05) is 0 Å². The fourth-order valence-corrected chi connectivity index (χ4v) is 2.56. The van der Waals surface area contributed by atoms with Gasteiger partial charge < -0.3 is 0 Å². The Morgan fingerprint density at radius 1 is 1.20 bits per heavy atom. The van der Waals surface area contributed by atoms with Gasteiger partial charge in [0, 0.05) is 0 Å². The van der Waals surface area contributed by atoms with E-state index in [1.165, 1.54) is 0 Å². The minimum atomic E-state index is -0.127. The molecule has 0 aliphatic carbocycles. The Kier molecular flexibility index (Phi) is 8.96. The van der Waals surface area contributed by atoms with E-state index in [0.29, 0.717) is 0 Å². The molecule has 0 aromatic rings. The van der Waals surface area contributed by atoms with Crippen molar-refractivity contribution in [1.82, 2.24) is 0 Å². The molecule has 0 N–H and O–H groups in total. The normalized spacial score (nSPS) is 8.60. The van der Waals surface area contributed by atoms with Gasteiger partial charge in [-0.2, -0.15) is 0 Å². The maximum atomic E-state index is 3.19. The van der Waals surface area contributed by atoms with Crippen LogP contribution >= 0.6 is 16.5 Å². The van der Waals surface area contributed by atoms with Crippen LogP contribution in [0.25, 0.3) is 0 Å². The van der Waals surface area contributed by atoms with Gasteiger partial charge in [0.05, 0.1) is 0 Å². The number of hydrogen-bond acceptors (Lipinski definition) is 0. The standard InChI is InChI=1S/C8H14P2/c1-3-5-7-9-10-8-6-4-2/h9H,3-4H2,1-2,10H3. The van der Waals surface area contributed by atoms with Crippen LogP contribution < -0.4 is 0 Å². The van der Waals surface area contributed by atoms with Crippen molar-refractivity contribution in [3.63, 3.8) is 0 Å². The van der Waals surface area contributed by atoms with E-state index in [9.17, 15) is 0 Å². The molecule has 0 amide bonds. The van der Waals surface area contributed by atoms with Crippen LogP contribution in [0.3, 0.4) is 0 Å². The molecule has 1 unspecified atom stereocenters. The van der Waals surface area contributed by atoms with Gasteiger partial charge in [-0.05, 0) is 0 Å². The van der Waals surface area contributed by atoms with Crippen LogP contribution in [0.5, 0.6) is 0 Å². The summed E-state index contributed by atoms with van der Waals surface area (Å²) in [6.45, 7) is 4.17. The van der Waals surface area contributed by atoms with Crippen LogP contribution in [0.1, 0.15) is 26.7 Å². The minimum absolute atomic E-state index is 0.127. The molecule has 1 atom stereocenters. The molecule has 0 fully saturated rings.